The summed E-state index contributed by atoms with van der Waals surface area (Å²) in [5.74, 6) is 2.03. The molecule has 116 valence electrons. The molecule has 0 amide bonds. The number of aliphatic hydroxyl groups excluding tert-OH is 1. The molecule has 0 fully saturated rings. The molecule has 0 radical (unpaired) electrons. The normalized spacial score (nSPS) is 14.4. The summed E-state index contributed by atoms with van der Waals surface area (Å²) in [6, 6.07) is 0. The zero-order valence-electron chi connectivity index (χ0n) is 12.8. The topological polar surface area (TPSA) is 58.0 Å². The van der Waals surface area contributed by atoms with Crippen LogP contribution in [0.15, 0.2) is 4.34 Å². The lowest BCUT2D eigenvalue weighted by Gasteiger charge is -2.28. The molecule has 0 aliphatic rings. The van der Waals surface area contributed by atoms with Crippen molar-refractivity contribution in [3.63, 3.8) is 0 Å². The molecule has 4 nitrogen and oxygen atoms in total. The second-order valence-corrected chi connectivity index (χ2v) is 7.38. The zero-order valence-corrected chi connectivity index (χ0v) is 14.4. The Morgan fingerprint density at radius 2 is 2.15 bits per heavy atom. The van der Waals surface area contributed by atoms with Crippen LogP contribution in [0.3, 0.4) is 0 Å². The minimum Gasteiger partial charge on any atom is -0.394 e. The molecule has 0 bridgehead atoms. The molecule has 0 aliphatic heterocycles. The Labute approximate surface area is 130 Å². The lowest BCUT2D eigenvalue weighted by atomic mass is 9.96. The van der Waals surface area contributed by atoms with Crippen LogP contribution in [0.2, 0.25) is 0 Å². The van der Waals surface area contributed by atoms with E-state index in [1.165, 1.54) is 11.5 Å². The van der Waals surface area contributed by atoms with Crippen molar-refractivity contribution in [2.24, 2.45) is 0 Å². The third-order valence-corrected chi connectivity index (χ3v) is 5.22. The van der Waals surface area contributed by atoms with Gasteiger partial charge >= 0.3 is 0 Å². The molecule has 1 atom stereocenters. The van der Waals surface area contributed by atoms with Crippen LogP contribution in [0.5, 0.6) is 0 Å². The van der Waals surface area contributed by atoms with E-state index in [0.717, 1.165) is 54.6 Å². The summed E-state index contributed by atoms with van der Waals surface area (Å²) in [6.07, 6.45) is 5.30. The van der Waals surface area contributed by atoms with E-state index < -0.39 is 0 Å². The van der Waals surface area contributed by atoms with Gasteiger partial charge in [-0.2, -0.15) is 4.37 Å². The fourth-order valence-corrected chi connectivity index (χ4v) is 3.63. The van der Waals surface area contributed by atoms with Gasteiger partial charge in [-0.05, 0) is 44.3 Å². The zero-order chi connectivity index (χ0) is 14.8. The maximum Gasteiger partial charge on any atom is 0.170 e. The number of rotatable bonds is 11. The maximum atomic E-state index is 9.49. The molecule has 6 heteroatoms. The standard InChI is InChI=1S/C14H27N3OS2/c1-4-9-15-14(3,11-18)8-6-7-10-19-13-16-12(5-2)17-20-13/h15,18H,4-11H2,1-3H3. The van der Waals surface area contributed by atoms with E-state index in [9.17, 15) is 5.11 Å². The third-order valence-electron chi connectivity index (χ3n) is 3.26. The fraction of sp³-hybridized carbons (Fsp3) is 0.857. The molecule has 1 aromatic rings. The number of hydrogen-bond donors (Lipinski definition) is 2. The summed E-state index contributed by atoms with van der Waals surface area (Å²) < 4.78 is 5.37. The summed E-state index contributed by atoms with van der Waals surface area (Å²) >= 11 is 3.30. The van der Waals surface area contributed by atoms with Gasteiger partial charge in [-0.25, -0.2) is 4.98 Å². The second kappa shape index (κ2) is 9.71. The molecular formula is C14H27N3OS2. The van der Waals surface area contributed by atoms with Gasteiger partial charge in [0.2, 0.25) is 0 Å². The van der Waals surface area contributed by atoms with E-state index in [4.69, 9.17) is 0 Å². The van der Waals surface area contributed by atoms with Crippen molar-refractivity contribution in [3.8, 4) is 0 Å². The lowest BCUT2D eigenvalue weighted by molar-refractivity contribution is 0.163. The van der Waals surface area contributed by atoms with E-state index in [0.29, 0.717) is 0 Å². The van der Waals surface area contributed by atoms with Crippen molar-refractivity contribution in [2.75, 3.05) is 18.9 Å². The highest BCUT2D eigenvalue weighted by atomic mass is 32.2. The highest BCUT2D eigenvalue weighted by Gasteiger charge is 2.21. The summed E-state index contributed by atoms with van der Waals surface area (Å²) in [7, 11) is 0. The molecule has 0 saturated carbocycles. The van der Waals surface area contributed by atoms with Gasteiger partial charge in [-0.15, -0.1) is 0 Å². The Morgan fingerprint density at radius 3 is 2.75 bits per heavy atom. The fourth-order valence-electron chi connectivity index (χ4n) is 1.87. The number of hydrogen-bond acceptors (Lipinski definition) is 6. The summed E-state index contributed by atoms with van der Waals surface area (Å²) in [5, 5.41) is 12.9. The highest BCUT2D eigenvalue weighted by molar-refractivity contribution is 8.00. The lowest BCUT2D eigenvalue weighted by Crippen LogP contribution is -2.46. The number of thioether (sulfide) groups is 1. The highest BCUT2D eigenvalue weighted by Crippen LogP contribution is 2.22. The minimum atomic E-state index is -0.126. The Bertz CT molecular complexity index is 373. The molecule has 1 unspecified atom stereocenters. The smallest absolute Gasteiger partial charge is 0.170 e. The number of aryl methyl sites for hydroxylation is 1. The molecule has 0 saturated heterocycles. The van der Waals surface area contributed by atoms with Crippen LogP contribution < -0.4 is 5.32 Å². The Kier molecular flexibility index (Phi) is 8.68. The summed E-state index contributed by atoms with van der Waals surface area (Å²) in [4.78, 5) is 4.45. The van der Waals surface area contributed by atoms with Gasteiger partial charge in [-0.3, -0.25) is 0 Å². The van der Waals surface area contributed by atoms with Crippen molar-refractivity contribution in [2.45, 2.75) is 62.8 Å². The number of nitrogens with one attached hydrogen (secondary N) is 1. The average molecular weight is 318 g/mol. The van der Waals surface area contributed by atoms with Crippen molar-refractivity contribution < 1.29 is 5.11 Å². The predicted molar refractivity (Wildman–Crippen MR) is 87.6 cm³/mol. The molecule has 2 N–H and O–H groups in total. The third kappa shape index (κ3) is 6.52. The first-order chi connectivity index (χ1) is 9.63. The molecule has 0 aliphatic carbocycles. The minimum absolute atomic E-state index is 0.126. The van der Waals surface area contributed by atoms with Crippen LogP contribution in [0.25, 0.3) is 0 Å². The van der Waals surface area contributed by atoms with Crippen molar-refractivity contribution >= 4 is 23.3 Å². The molecule has 0 spiro atoms. The number of aliphatic hydroxyl groups is 1. The van der Waals surface area contributed by atoms with Crippen LogP contribution in [0.1, 0.15) is 52.3 Å². The summed E-state index contributed by atoms with van der Waals surface area (Å²) in [6.45, 7) is 7.50. The molecular weight excluding hydrogens is 290 g/mol. The first kappa shape index (κ1) is 17.9. The molecule has 1 rings (SSSR count). The number of aromatic nitrogens is 2. The van der Waals surface area contributed by atoms with Gasteiger partial charge in [0.1, 0.15) is 5.82 Å². The Hall–Kier alpha value is -0.170. The van der Waals surface area contributed by atoms with Gasteiger partial charge in [-0.1, -0.05) is 32.0 Å². The SMILES string of the molecule is CCCNC(C)(CO)CCCCSc1nc(CC)ns1. The second-order valence-electron chi connectivity index (χ2n) is 5.28. The van der Waals surface area contributed by atoms with Crippen LogP contribution in [0.4, 0.5) is 0 Å². The van der Waals surface area contributed by atoms with Crippen molar-refractivity contribution in [1.29, 1.82) is 0 Å². The van der Waals surface area contributed by atoms with Gasteiger partial charge < -0.3 is 10.4 Å². The quantitative estimate of drug-likeness (QED) is 0.485. The number of nitrogens with zero attached hydrogens (tertiary/aromatic N) is 2. The van der Waals surface area contributed by atoms with Gasteiger partial charge in [0.15, 0.2) is 4.34 Å². The van der Waals surface area contributed by atoms with Gasteiger partial charge in [0.25, 0.3) is 0 Å². The monoisotopic (exact) mass is 317 g/mol. The van der Waals surface area contributed by atoms with Gasteiger partial charge in [0.05, 0.1) is 6.61 Å². The summed E-state index contributed by atoms with van der Waals surface area (Å²) in [5.41, 5.74) is -0.126. The van der Waals surface area contributed by atoms with E-state index in [1.54, 1.807) is 11.8 Å². The van der Waals surface area contributed by atoms with Crippen LogP contribution in [-0.2, 0) is 6.42 Å². The van der Waals surface area contributed by atoms with Gasteiger partial charge in [0, 0.05) is 17.7 Å². The van der Waals surface area contributed by atoms with Crippen molar-refractivity contribution in [3.05, 3.63) is 5.82 Å². The van der Waals surface area contributed by atoms with Crippen molar-refractivity contribution in [1.82, 2.24) is 14.7 Å². The predicted octanol–water partition coefficient (Wildman–Crippen LogP) is 3.11. The van der Waals surface area contributed by atoms with E-state index >= 15 is 0 Å². The number of unbranched alkanes of at least 4 members (excludes halogenated alkanes) is 1. The molecule has 1 heterocycles. The Balaban J connectivity index is 2.17. The first-order valence-electron chi connectivity index (χ1n) is 7.44. The van der Waals surface area contributed by atoms with Crippen LogP contribution >= 0.6 is 23.3 Å². The molecule has 0 aromatic carbocycles. The first-order valence-corrected chi connectivity index (χ1v) is 9.20. The largest absolute Gasteiger partial charge is 0.394 e. The van der Waals surface area contributed by atoms with E-state index in [2.05, 4.69) is 35.4 Å². The van der Waals surface area contributed by atoms with Crippen LogP contribution in [0, 0.1) is 0 Å². The molecule has 1 aromatic heterocycles. The van der Waals surface area contributed by atoms with E-state index in [1.807, 2.05) is 0 Å². The average Bonchev–Trinajstić information content (AvgIpc) is 2.93. The maximum absolute atomic E-state index is 9.49. The molecule has 20 heavy (non-hydrogen) atoms. The van der Waals surface area contributed by atoms with Crippen LogP contribution in [-0.4, -0.2) is 38.9 Å². The van der Waals surface area contributed by atoms with E-state index in [-0.39, 0.29) is 12.1 Å². The Morgan fingerprint density at radius 1 is 1.35 bits per heavy atom.